The number of methoxy groups -OCH3 is 1. The monoisotopic (exact) mass is 345 g/mol. The molecule has 0 amide bonds. The molecule has 3 rings (SSSR count). The second kappa shape index (κ2) is 5.92. The number of ether oxygens (including phenoxy) is 2. The highest BCUT2D eigenvalue weighted by Crippen LogP contribution is 2.27. The normalized spacial score (nSPS) is 11.0. The highest BCUT2D eigenvalue weighted by atomic mass is 79.9. The molecule has 0 aliphatic carbocycles. The molecule has 0 bridgehead atoms. The van der Waals surface area contributed by atoms with E-state index >= 15 is 0 Å². The van der Waals surface area contributed by atoms with E-state index in [-0.39, 0.29) is 6.79 Å². The third-order valence-electron chi connectivity index (χ3n) is 3.39. The molecule has 3 aromatic rings. The van der Waals surface area contributed by atoms with Gasteiger partial charge in [0, 0.05) is 28.4 Å². The SMILES string of the molecule is COCOc1ccc(-n2c(C)cc3cc(Br)ccc32)cc1. The first-order valence-electron chi connectivity index (χ1n) is 6.69. The zero-order chi connectivity index (χ0) is 14.8. The highest BCUT2D eigenvalue weighted by Gasteiger charge is 2.08. The Morgan fingerprint density at radius 3 is 2.52 bits per heavy atom. The number of hydrogen-bond donors (Lipinski definition) is 0. The minimum atomic E-state index is 0.263. The Hall–Kier alpha value is -1.78. The van der Waals surface area contributed by atoms with Gasteiger partial charge in [0.15, 0.2) is 6.79 Å². The number of fused-ring (bicyclic) bond motifs is 1. The predicted molar refractivity (Wildman–Crippen MR) is 88.2 cm³/mol. The third kappa shape index (κ3) is 2.82. The van der Waals surface area contributed by atoms with E-state index in [1.54, 1.807) is 7.11 Å². The van der Waals surface area contributed by atoms with Gasteiger partial charge in [-0.3, -0.25) is 0 Å². The molecule has 21 heavy (non-hydrogen) atoms. The summed E-state index contributed by atoms with van der Waals surface area (Å²) in [5.74, 6) is 0.803. The first-order chi connectivity index (χ1) is 10.2. The second-order valence-electron chi connectivity index (χ2n) is 4.87. The zero-order valence-electron chi connectivity index (χ0n) is 12.0. The summed E-state index contributed by atoms with van der Waals surface area (Å²) in [5, 5.41) is 1.22. The fourth-order valence-corrected chi connectivity index (χ4v) is 2.86. The number of nitrogens with zero attached hydrogens (tertiary/aromatic N) is 1. The maximum Gasteiger partial charge on any atom is 0.188 e. The van der Waals surface area contributed by atoms with Crippen LogP contribution in [0.2, 0.25) is 0 Å². The van der Waals surface area contributed by atoms with Crippen molar-refractivity contribution in [2.75, 3.05) is 13.9 Å². The van der Waals surface area contributed by atoms with Crippen LogP contribution in [0.15, 0.2) is 53.0 Å². The van der Waals surface area contributed by atoms with Crippen molar-refractivity contribution in [1.82, 2.24) is 4.57 Å². The quantitative estimate of drug-likeness (QED) is 0.640. The molecule has 0 N–H and O–H groups in total. The highest BCUT2D eigenvalue weighted by molar-refractivity contribution is 9.10. The van der Waals surface area contributed by atoms with Gasteiger partial charge in [0.1, 0.15) is 5.75 Å². The van der Waals surface area contributed by atoms with Gasteiger partial charge in [0.2, 0.25) is 0 Å². The van der Waals surface area contributed by atoms with Crippen LogP contribution in [0.3, 0.4) is 0 Å². The van der Waals surface area contributed by atoms with Crippen molar-refractivity contribution in [2.24, 2.45) is 0 Å². The molecule has 0 aliphatic heterocycles. The van der Waals surface area contributed by atoms with Gasteiger partial charge in [-0.25, -0.2) is 0 Å². The van der Waals surface area contributed by atoms with Gasteiger partial charge < -0.3 is 14.0 Å². The summed E-state index contributed by atoms with van der Waals surface area (Å²) in [6.45, 7) is 2.38. The van der Waals surface area contributed by atoms with Crippen molar-refractivity contribution in [3.05, 3.63) is 58.7 Å². The Kier molecular flexibility index (Phi) is 3.99. The van der Waals surface area contributed by atoms with Crippen molar-refractivity contribution in [2.45, 2.75) is 6.92 Å². The lowest BCUT2D eigenvalue weighted by atomic mass is 10.2. The van der Waals surface area contributed by atoms with E-state index in [9.17, 15) is 0 Å². The Balaban J connectivity index is 2.01. The van der Waals surface area contributed by atoms with Gasteiger partial charge >= 0.3 is 0 Å². The Bertz CT molecular complexity index is 762. The van der Waals surface area contributed by atoms with Crippen LogP contribution in [0.25, 0.3) is 16.6 Å². The van der Waals surface area contributed by atoms with Gasteiger partial charge in [-0.15, -0.1) is 0 Å². The standard InChI is InChI=1S/C17H16BrNO2/c1-12-9-13-10-14(18)3-8-17(13)19(12)15-4-6-16(7-5-15)21-11-20-2/h3-10H,11H2,1-2H3. The first kappa shape index (κ1) is 14.2. The summed E-state index contributed by atoms with van der Waals surface area (Å²) < 4.78 is 13.7. The summed E-state index contributed by atoms with van der Waals surface area (Å²) in [5.41, 5.74) is 3.52. The largest absolute Gasteiger partial charge is 0.468 e. The van der Waals surface area contributed by atoms with Crippen LogP contribution in [-0.2, 0) is 4.74 Å². The molecule has 4 heteroatoms. The summed E-state index contributed by atoms with van der Waals surface area (Å²) in [7, 11) is 1.61. The average molecular weight is 346 g/mol. The number of benzene rings is 2. The van der Waals surface area contributed by atoms with Crippen molar-refractivity contribution < 1.29 is 9.47 Å². The lowest BCUT2D eigenvalue weighted by Gasteiger charge is -2.10. The number of aromatic nitrogens is 1. The molecule has 0 radical (unpaired) electrons. The third-order valence-corrected chi connectivity index (χ3v) is 3.88. The lowest BCUT2D eigenvalue weighted by Crippen LogP contribution is -2.00. The van der Waals surface area contributed by atoms with E-state index in [4.69, 9.17) is 9.47 Å². The lowest BCUT2D eigenvalue weighted by molar-refractivity contribution is 0.0511. The molecule has 2 aromatic carbocycles. The van der Waals surface area contributed by atoms with Gasteiger partial charge in [-0.05, 0) is 55.5 Å². The topological polar surface area (TPSA) is 23.4 Å². The molecule has 1 aromatic heterocycles. The minimum Gasteiger partial charge on any atom is -0.468 e. The molecular weight excluding hydrogens is 330 g/mol. The first-order valence-corrected chi connectivity index (χ1v) is 7.48. The van der Waals surface area contributed by atoms with E-state index in [0.717, 1.165) is 15.9 Å². The van der Waals surface area contributed by atoms with Crippen LogP contribution in [0.4, 0.5) is 0 Å². The molecule has 1 heterocycles. The molecule has 0 unspecified atom stereocenters. The van der Waals surface area contributed by atoms with Crippen LogP contribution in [0, 0.1) is 6.92 Å². The predicted octanol–water partition coefficient (Wildman–Crippen LogP) is 4.68. The number of rotatable bonds is 4. The van der Waals surface area contributed by atoms with Crippen LogP contribution >= 0.6 is 15.9 Å². The number of halogens is 1. The Morgan fingerprint density at radius 1 is 1.05 bits per heavy atom. The Morgan fingerprint density at radius 2 is 1.81 bits per heavy atom. The minimum absolute atomic E-state index is 0.263. The molecule has 0 atom stereocenters. The van der Waals surface area contributed by atoms with Gasteiger partial charge in [-0.2, -0.15) is 0 Å². The molecule has 3 nitrogen and oxygen atoms in total. The number of aryl methyl sites for hydroxylation is 1. The van der Waals surface area contributed by atoms with E-state index in [1.165, 1.54) is 16.6 Å². The van der Waals surface area contributed by atoms with Crippen LogP contribution in [0.5, 0.6) is 5.75 Å². The summed E-state index contributed by atoms with van der Waals surface area (Å²) in [6.07, 6.45) is 0. The van der Waals surface area contributed by atoms with Crippen LogP contribution < -0.4 is 4.74 Å². The molecule has 108 valence electrons. The molecule has 0 aliphatic rings. The van der Waals surface area contributed by atoms with Gasteiger partial charge in [-0.1, -0.05) is 15.9 Å². The van der Waals surface area contributed by atoms with Crippen LogP contribution in [-0.4, -0.2) is 18.5 Å². The zero-order valence-corrected chi connectivity index (χ0v) is 13.6. The maximum atomic E-state index is 5.42. The Labute approximate surface area is 132 Å². The summed E-state index contributed by atoms with van der Waals surface area (Å²) in [6, 6.07) is 16.5. The average Bonchev–Trinajstić information content (AvgIpc) is 2.80. The fourth-order valence-electron chi connectivity index (χ4n) is 2.49. The maximum absolute atomic E-state index is 5.42. The van der Waals surface area contributed by atoms with Crippen LogP contribution in [0.1, 0.15) is 5.69 Å². The molecule has 0 fully saturated rings. The van der Waals surface area contributed by atoms with Gasteiger partial charge in [0.05, 0.1) is 5.52 Å². The van der Waals surface area contributed by atoms with E-state index < -0.39 is 0 Å². The molecule has 0 saturated carbocycles. The van der Waals surface area contributed by atoms with E-state index in [0.29, 0.717) is 0 Å². The van der Waals surface area contributed by atoms with Gasteiger partial charge in [0.25, 0.3) is 0 Å². The molecule has 0 spiro atoms. The fraction of sp³-hybridized carbons (Fsp3) is 0.176. The molecular formula is C17H16BrNO2. The van der Waals surface area contributed by atoms with Crippen molar-refractivity contribution in [3.63, 3.8) is 0 Å². The van der Waals surface area contributed by atoms with Crippen molar-refractivity contribution in [1.29, 1.82) is 0 Å². The van der Waals surface area contributed by atoms with Crippen molar-refractivity contribution in [3.8, 4) is 11.4 Å². The van der Waals surface area contributed by atoms with Crippen molar-refractivity contribution >= 4 is 26.8 Å². The van der Waals surface area contributed by atoms with E-state index in [2.05, 4.69) is 63.8 Å². The number of hydrogen-bond acceptors (Lipinski definition) is 2. The summed E-state index contributed by atoms with van der Waals surface area (Å²) >= 11 is 3.52. The summed E-state index contributed by atoms with van der Waals surface area (Å²) in [4.78, 5) is 0. The molecule has 0 saturated heterocycles. The smallest absolute Gasteiger partial charge is 0.188 e. The second-order valence-corrected chi connectivity index (χ2v) is 5.78. The van der Waals surface area contributed by atoms with E-state index in [1.807, 2.05) is 12.1 Å².